The van der Waals surface area contributed by atoms with Crippen molar-refractivity contribution in [2.45, 2.75) is 13.5 Å². The summed E-state index contributed by atoms with van der Waals surface area (Å²) in [5.41, 5.74) is 2.73. The van der Waals surface area contributed by atoms with Crippen LogP contribution in [0.25, 0.3) is 11.1 Å². The Hall–Kier alpha value is -3.50. The molecular weight excluding hydrogens is 377 g/mol. The second-order valence-corrected chi connectivity index (χ2v) is 6.83. The third-order valence-corrected chi connectivity index (χ3v) is 5.21. The molecule has 0 fully saturated rings. The lowest BCUT2D eigenvalue weighted by Crippen LogP contribution is -2.21. The number of amides is 1. The summed E-state index contributed by atoms with van der Waals surface area (Å²) in [4.78, 5) is 18.4. The predicted molar refractivity (Wildman–Crippen MR) is 106 cm³/mol. The van der Waals surface area contributed by atoms with E-state index in [1.54, 1.807) is 25.1 Å². The number of oxime groups is 1. The lowest BCUT2D eigenvalue weighted by molar-refractivity contribution is 0.0974. The molecule has 0 spiro atoms. The van der Waals surface area contributed by atoms with Gasteiger partial charge in [-0.05, 0) is 24.1 Å². The second-order valence-electron chi connectivity index (χ2n) is 5.81. The molecule has 7 heteroatoms. The number of benzene rings is 2. The summed E-state index contributed by atoms with van der Waals surface area (Å²) in [5.74, 6) is -0.771. The third kappa shape index (κ3) is 4.24. The van der Waals surface area contributed by atoms with E-state index < -0.39 is 0 Å². The number of nitrogens with one attached hydrogen (secondary N) is 1. The van der Waals surface area contributed by atoms with Gasteiger partial charge in [-0.3, -0.25) is 4.79 Å². The smallest absolute Gasteiger partial charge is 0.266 e. The van der Waals surface area contributed by atoms with Crippen molar-refractivity contribution in [3.05, 3.63) is 81.3 Å². The van der Waals surface area contributed by atoms with Crippen molar-refractivity contribution in [3.8, 4) is 17.2 Å². The summed E-state index contributed by atoms with van der Waals surface area (Å²) in [5, 5.41) is 15.6. The Morgan fingerprint density at radius 2 is 1.96 bits per heavy atom. The highest BCUT2D eigenvalue weighted by molar-refractivity contribution is 7.15. The lowest BCUT2D eigenvalue weighted by atomic mass is 10.0. The normalized spacial score (nSPS) is 10.6. The maximum atomic E-state index is 13.5. The zero-order valence-electron chi connectivity index (χ0n) is 15.0. The number of rotatable bonds is 6. The van der Waals surface area contributed by atoms with E-state index in [4.69, 9.17) is 4.84 Å². The average molecular weight is 393 g/mol. The molecule has 1 aromatic heterocycles. The maximum absolute atomic E-state index is 13.5. The summed E-state index contributed by atoms with van der Waals surface area (Å²) in [6.45, 7) is 1.76. The molecule has 3 rings (SSSR count). The van der Waals surface area contributed by atoms with Crippen molar-refractivity contribution in [1.82, 2.24) is 5.32 Å². The van der Waals surface area contributed by atoms with Gasteiger partial charge in [0.15, 0.2) is 0 Å². The van der Waals surface area contributed by atoms with Crippen LogP contribution in [0.1, 0.15) is 25.7 Å². The standard InChI is InChI=1S/C21H16FN3O2S/c1-14-19(15-7-3-2-4-8-15)18(11-23)28-20(14)21(26)24-13-25-27-12-16-9-5-6-10-17(16)22/h2-10,13H,12H2,1H3,(H,24,25,26). The number of thiophene rings is 1. The molecule has 0 saturated carbocycles. The first-order chi connectivity index (χ1) is 13.6. The number of nitrogens with zero attached hydrogens (tertiary/aromatic N) is 2. The molecule has 0 bridgehead atoms. The van der Waals surface area contributed by atoms with Gasteiger partial charge in [-0.15, -0.1) is 11.3 Å². The van der Waals surface area contributed by atoms with Crippen molar-refractivity contribution in [2.24, 2.45) is 5.16 Å². The van der Waals surface area contributed by atoms with E-state index in [0.29, 0.717) is 15.3 Å². The maximum Gasteiger partial charge on any atom is 0.266 e. The number of carbonyl (C=O) groups excluding carboxylic acids is 1. The van der Waals surface area contributed by atoms with Crippen LogP contribution in [0, 0.1) is 24.1 Å². The average Bonchev–Trinajstić information content (AvgIpc) is 3.06. The quantitative estimate of drug-likeness (QED) is 0.377. The number of halogens is 1. The topological polar surface area (TPSA) is 74.5 Å². The number of carbonyl (C=O) groups is 1. The fraction of sp³-hybridized carbons (Fsp3) is 0.0952. The highest BCUT2D eigenvalue weighted by Crippen LogP contribution is 2.35. The van der Waals surface area contributed by atoms with Gasteiger partial charge in [0, 0.05) is 11.1 Å². The molecule has 3 aromatic rings. The molecule has 28 heavy (non-hydrogen) atoms. The highest BCUT2D eigenvalue weighted by Gasteiger charge is 2.20. The Morgan fingerprint density at radius 3 is 2.68 bits per heavy atom. The zero-order chi connectivity index (χ0) is 19.9. The van der Waals surface area contributed by atoms with Crippen LogP contribution in [0.2, 0.25) is 0 Å². The molecule has 0 atom stereocenters. The predicted octanol–water partition coefficient (Wildman–Crippen LogP) is 4.62. The molecule has 0 saturated heterocycles. The van der Waals surface area contributed by atoms with E-state index in [1.165, 1.54) is 6.07 Å². The van der Waals surface area contributed by atoms with E-state index in [2.05, 4.69) is 16.5 Å². The van der Waals surface area contributed by atoms with Crippen LogP contribution in [-0.4, -0.2) is 12.2 Å². The molecule has 0 aliphatic carbocycles. The Balaban J connectivity index is 1.67. The molecule has 0 radical (unpaired) electrons. The first-order valence-electron chi connectivity index (χ1n) is 8.38. The number of nitriles is 1. The summed E-state index contributed by atoms with van der Waals surface area (Å²) in [7, 11) is 0. The zero-order valence-corrected chi connectivity index (χ0v) is 15.8. The van der Waals surface area contributed by atoms with Crippen LogP contribution in [-0.2, 0) is 11.4 Å². The van der Waals surface area contributed by atoms with Crippen molar-refractivity contribution in [3.63, 3.8) is 0 Å². The minimum atomic E-state index is -0.389. The molecule has 1 heterocycles. The van der Waals surface area contributed by atoms with E-state index in [1.807, 2.05) is 30.3 Å². The van der Waals surface area contributed by atoms with Crippen molar-refractivity contribution >= 4 is 23.6 Å². The summed E-state index contributed by atoms with van der Waals surface area (Å²) in [6, 6.07) is 17.8. The van der Waals surface area contributed by atoms with Crippen LogP contribution >= 0.6 is 11.3 Å². The van der Waals surface area contributed by atoms with E-state index >= 15 is 0 Å². The van der Waals surface area contributed by atoms with Gasteiger partial charge >= 0.3 is 0 Å². The molecule has 2 aromatic carbocycles. The molecule has 5 nitrogen and oxygen atoms in total. The Morgan fingerprint density at radius 1 is 1.25 bits per heavy atom. The molecular formula is C21H16FN3O2S. The van der Waals surface area contributed by atoms with Crippen molar-refractivity contribution < 1.29 is 14.0 Å². The van der Waals surface area contributed by atoms with Crippen LogP contribution in [0.5, 0.6) is 0 Å². The van der Waals surface area contributed by atoms with Gasteiger partial charge in [0.05, 0.1) is 4.88 Å². The second kappa shape index (κ2) is 8.93. The van der Waals surface area contributed by atoms with Gasteiger partial charge in [0.25, 0.3) is 5.91 Å². The first kappa shape index (κ1) is 19.3. The summed E-state index contributed by atoms with van der Waals surface area (Å²) >= 11 is 1.13. The minimum Gasteiger partial charge on any atom is -0.390 e. The van der Waals surface area contributed by atoms with Gasteiger partial charge in [-0.1, -0.05) is 53.7 Å². The molecule has 1 amide bonds. The Bertz CT molecular complexity index is 1060. The highest BCUT2D eigenvalue weighted by atomic mass is 32.1. The van der Waals surface area contributed by atoms with Crippen molar-refractivity contribution in [1.29, 1.82) is 5.26 Å². The van der Waals surface area contributed by atoms with E-state index in [-0.39, 0.29) is 18.3 Å². The molecule has 0 aliphatic rings. The molecule has 140 valence electrons. The Kier molecular flexibility index (Phi) is 6.14. The van der Waals surface area contributed by atoms with E-state index in [0.717, 1.165) is 34.4 Å². The lowest BCUT2D eigenvalue weighted by Gasteiger charge is -2.03. The fourth-order valence-corrected chi connectivity index (χ4v) is 3.70. The summed E-state index contributed by atoms with van der Waals surface area (Å²) in [6.07, 6.45) is 1.11. The van der Waals surface area contributed by atoms with Gasteiger partial charge in [-0.25, -0.2) is 4.39 Å². The SMILES string of the molecule is Cc1c(C(=O)N/C=N\OCc2ccccc2F)sc(C#N)c1-c1ccccc1. The van der Waals surface area contributed by atoms with Crippen LogP contribution in [0.15, 0.2) is 59.8 Å². The third-order valence-electron chi connectivity index (χ3n) is 4.02. The van der Waals surface area contributed by atoms with Gasteiger partial charge in [0.1, 0.15) is 29.7 Å². The summed E-state index contributed by atoms with van der Waals surface area (Å²) < 4.78 is 13.5. The van der Waals surface area contributed by atoms with Crippen LogP contribution < -0.4 is 5.32 Å². The molecule has 0 unspecified atom stereocenters. The fourth-order valence-electron chi connectivity index (χ4n) is 2.67. The Labute approximate surface area is 165 Å². The van der Waals surface area contributed by atoms with Crippen LogP contribution in [0.3, 0.4) is 0 Å². The monoisotopic (exact) mass is 393 g/mol. The van der Waals surface area contributed by atoms with Gasteiger partial charge in [0.2, 0.25) is 0 Å². The van der Waals surface area contributed by atoms with Gasteiger partial charge < -0.3 is 10.2 Å². The van der Waals surface area contributed by atoms with E-state index in [9.17, 15) is 14.4 Å². The molecule has 1 N–H and O–H groups in total. The number of hydrogen-bond acceptors (Lipinski definition) is 5. The van der Waals surface area contributed by atoms with Crippen LogP contribution in [0.4, 0.5) is 4.39 Å². The number of hydrogen-bond donors (Lipinski definition) is 1. The first-order valence-corrected chi connectivity index (χ1v) is 9.20. The largest absolute Gasteiger partial charge is 0.390 e. The van der Waals surface area contributed by atoms with Crippen molar-refractivity contribution in [2.75, 3.05) is 0 Å². The van der Waals surface area contributed by atoms with Gasteiger partial charge in [-0.2, -0.15) is 5.26 Å². The minimum absolute atomic E-state index is 0.0478. The molecule has 0 aliphatic heterocycles.